The Morgan fingerprint density at radius 3 is 2.95 bits per heavy atom. The van der Waals surface area contributed by atoms with E-state index >= 15 is 0 Å². The van der Waals surface area contributed by atoms with Crippen LogP contribution >= 0.6 is 11.6 Å². The third kappa shape index (κ3) is 2.93. The highest BCUT2D eigenvalue weighted by Gasteiger charge is 2.26. The van der Waals surface area contributed by atoms with Gasteiger partial charge >= 0.3 is 0 Å². The first-order chi connectivity index (χ1) is 10.1. The highest BCUT2D eigenvalue weighted by molar-refractivity contribution is 6.30. The third-order valence-corrected chi connectivity index (χ3v) is 4.08. The minimum absolute atomic E-state index is 0.0325. The van der Waals surface area contributed by atoms with Crippen molar-refractivity contribution in [2.24, 2.45) is 0 Å². The number of fused-ring (bicyclic) bond motifs is 1. The number of nitrogens with one attached hydrogen (secondary N) is 1. The summed E-state index contributed by atoms with van der Waals surface area (Å²) in [5.74, 6) is -0.527. The minimum Gasteiger partial charge on any atom is -0.385 e. The van der Waals surface area contributed by atoms with E-state index in [4.69, 9.17) is 11.6 Å². The molecule has 108 valence electrons. The smallest absolute Gasteiger partial charge is 0.144 e. The Morgan fingerprint density at radius 2 is 2.10 bits per heavy atom. The van der Waals surface area contributed by atoms with Gasteiger partial charge in [0.2, 0.25) is 0 Å². The number of rotatable bonds is 3. The normalized spacial score (nSPS) is 17.0. The van der Waals surface area contributed by atoms with Gasteiger partial charge in [-0.3, -0.25) is 4.79 Å². The van der Waals surface area contributed by atoms with Crippen molar-refractivity contribution in [3.8, 4) is 0 Å². The van der Waals surface area contributed by atoms with Gasteiger partial charge in [-0.25, -0.2) is 4.39 Å². The third-order valence-electron chi connectivity index (χ3n) is 3.85. The number of carbonyl (C=O) groups excluding carboxylic acids is 1. The zero-order valence-corrected chi connectivity index (χ0v) is 12.2. The van der Waals surface area contributed by atoms with Crippen LogP contribution in [0.2, 0.25) is 5.02 Å². The van der Waals surface area contributed by atoms with E-state index in [0.29, 0.717) is 10.6 Å². The molecule has 1 N–H and O–H groups in total. The van der Waals surface area contributed by atoms with E-state index in [2.05, 4.69) is 5.32 Å². The lowest BCUT2D eigenvalue weighted by Crippen LogP contribution is -2.24. The van der Waals surface area contributed by atoms with Gasteiger partial charge in [-0.15, -0.1) is 0 Å². The fraction of sp³-hybridized carbons (Fsp3) is 0.235. The fourth-order valence-corrected chi connectivity index (χ4v) is 2.99. The highest BCUT2D eigenvalue weighted by Crippen LogP contribution is 2.33. The molecule has 4 heteroatoms. The van der Waals surface area contributed by atoms with Crippen LogP contribution in [0.3, 0.4) is 0 Å². The number of halogens is 2. The van der Waals surface area contributed by atoms with Gasteiger partial charge in [-0.2, -0.15) is 0 Å². The molecule has 0 radical (unpaired) electrons. The number of carbonyl (C=O) groups is 1. The first-order valence-electron chi connectivity index (χ1n) is 6.94. The summed E-state index contributed by atoms with van der Waals surface area (Å²) in [7, 11) is 0. The van der Waals surface area contributed by atoms with Crippen LogP contribution in [0.15, 0.2) is 42.5 Å². The van der Waals surface area contributed by atoms with Crippen LogP contribution in [0, 0.1) is 5.82 Å². The summed E-state index contributed by atoms with van der Waals surface area (Å²) in [6, 6.07) is 12.1. The Morgan fingerprint density at radius 1 is 1.29 bits per heavy atom. The van der Waals surface area contributed by atoms with Crippen molar-refractivity contribution < 1.29 is 9.18 Å². The van der Waals surface area contributed by atoms with Crippen LogP contribution in [0.5, 0.6) is 0 Å². The summed E-state index contributed by atoms with van der Waals surface area (Å²) >= 11 is 5.88. The second-order valence-corrected chi connectivity index (χ2v) is 5.67. The van der Waals surface area contributed by atoms with Crippen LogP contribution in [0.25, 0.3) is 0 Å². The van der Waals surface area contributed by atoms with E-state index in [-0.39, 0.29) is 23.9 Å². The Kier molecular flexibility index (Phi) is 3.93. The lowest BCUT2D eigenvalue weighted by molar-refractivity contribution is -0.120. The van der Waals surface area contributed by atoms with Gasteiger partial charge in [0, 0.05) is 29.6 Å². The van der Waals surface area contributed by atoms with Crippen LogP contribution in [-0.2, 0) is 11.2 Å². The molecule has 0 amide bonds. The molecule has 2 nitrogen and oxygen atoms in total. The Hall–Kier alpha value is -1.87. The van der Waals surface area contributed by atoms with Crippen molar-refractivity contribution in [3.63, 3.8) is 0 Å². The predicted octanol–water partition coefficient (Wildman–Crippen LogP) is 4.19. The quantitative estimate of drug-likeness (QED) is 0.921. The molecule has 21 heavy (non-hydrogen) atoms. The van der Waals surface area contributed by atoms with Crippen molar-refractivity contribution in [3.05, 3.63) is 64.4 Å². The summed E-state index contributed by atoms with van der Waals surface area (Å²) in [6.07, 6.45) is 0.809. The molecular weight excluding hydrogens is 289 g/mol. The molecule has 3 rings (SSSR count). The predicted molar refractivity (Wildman–Crippen MR) is 82.4 cm³/mol. The summed E-state index contributed by atoms with van der Waals surface area (Å²) in [4.78, 5) is 12.6. The van der Waals surface area contributed by atoms with Gasteiger partial charge in [-0.05, 0) is 41.8 Å². The summed E-state index contributed by atoms with van der Waals surface area (Å²) in [6.45, 7) is 0.755. The largest absolute Gasteiger partial charge is 0.385 e. The molecular formula is C17H15ClFNO. The fourth-order valence-electron chi connectivity index (χ4n) is 2.79. The topological polar surface area (TPSA) is 29.1 Å². The first kappa shape index (κ1) is 14.1. The van der Waals surface area contributed by atoms with E-state index in [9.17, 15) is 9.18 Å². The molecule has 1 atom stereocenters. The van der Waals surface area contributed by atoms with Gasteiger partial charge < -0.3 is 5.32 Å². The van der Waals surface area contributed by atoms with Gasteiger partial charge in [0.05, 0.1) is 0 Å². The molecule has 1 heterocycles. The number of ketones is 1. The monoisotopic (exact) mass is 303 g/mol. The van der Waals surface area contributed by atoms with Crippen LogP contribution in [0.1, 0.15) is 23.5 Å². The molecule has 0 bridgehead atoms. The van der Waals surface area contributed by atoms with Crippen LogP contribution in [0.4, 0.5) is 10.1 Å². The molecule has 0 aromatic heterocycles. The maximum absolute atomic E-state index is 13.8. The molecule has 1 aliphatic heterocycles. The SMILES string of the molecule is O=C(Cc1cc(Cl)ccc1F)C1CCNc2ccccc21. The van der Waals surface area contributed by atoms with Crippen molar-refractivity contribution in [1.82, 2.24) is 0 Å². The summed E-state index contributed by atoms with van der Waals surface area (Å²) in [5.41, 5.74) is 2.35. The van der Waals surface area contributed by atoms with Crippen LogP contribution in [-0.4, -0.2) is 12.3 Å². The minimum atomic E-state index is -0.380. The van der Waals surface area contributed by atoms with Crippen molar-refractivity contribution in [2.75, 3.05) is 11.9 Å². The Labute approximate surface area is 127 Å². The zero-order chi connectivity index (χ0) is 14.8. The lowest BCUT2D eigenvalue weighted by Gasteiger charge is -2.25. The number of para-hydroxylation sites is 1. The molecule has 0 fully saturated rings. The lowest BCUT2D eigenvalue weighted by atomic mass is 9.85. The van der Waals surface area contributed by atoms with Gasteiger partial charge in [0.15, 0.2) is 0 Å². The number of hydrogen-bond donors (Lipinski definition) is 1. The second-order valence-electron chi connectivity index (χ2n) is 5.23. The average molecular weight is 304 g/mol. The summed E-state index contributed by atoms with van der Waals surface area (Å²) in [5, 5.41) is 3.73. The molecule has 0 aliphatic carbocycles. The van der Waals surface area contributed by atoms with Crippen LogP contribution < -0.4 is 5.32 Å². The first-order valence-corrected chi connectivity index (χ1v) is 7.32. The standard InChI is InChI=1S/C17H15ClFNO/c18-12-5-6-15(19)11(9-12)10-17(21)14-7-8-20-16-4-2-1-3-13(14)16/h1-6,9,14,20H,7-8,10H2. The van der Waals surface area contributed by atoms with E-state index in [1.807, 2.05) is 24.3 Å². The maximum atomic E-state index is 13.8. The van der Waals surface area contributed by atoms with Crippen molar-refractivity contribution >= 4 is 23.1 Å². The van der Waals surface area contributed by atoms with Crippen molar-refractivity contribution in [2.45, 2.75) is 18.8 Å². The summed E-state index contributed by atoms with van der Waals surface area (Å²) < 4.78 is 13.8. The average Bonchev–Trinajstić information content (AvgIpc) is 2.50. The molecule has 2 aromatic rings. The molecule has 0 saturated carbocycles. The number of benzene rings is 2. The van der Waals surface area contributed by atoms with Gasteiger partial charge in [0.25, 0.3) is 0 Å². The maximum Gasteiger partial charge on any atom is 0.144 e. The van der Waals surface area contributed by atoms with E-state index in [0.717, 1.165) is 24.2 Å². The van der Waals surface area contributed by atoms with E-state index < -0.39 is 0 Å². The van der Waals surface area contributed by atoms with E-state index in [1.165, 1.54) is 18.2 Å². The number of hydrogen-bond acceptors (Lipinski definition) is 2. The van der Waals surface area contributed by atoms with E-state index in [1.54, 1.807) is 0 Å². The molecule has 0 saturated heterocycles. The number of anilines is 1. The second kappa shape index (κ2) is 5.86. The van der Waals surface area contributed by atoms with Gasteiger partial charge in [0.1, 0.15) is 11.6 Å². The molecule has 1 unspecified atom stereocenters. The van der Waals surface area contributed by atoms with Gasteiger partial charge in [-0.1, -0.05) is 29.8 Å². The Balaban J connectivity index is 1.85. The number of Topliss-reactive ketones (excluding diaryl/α,β-unsaturated/α-hetero) is 1. The highest BCUT2D eigenvalue weighted by atomic mass is 35.5. The Bertz CT molecular complexity index is 686. The molecule has 0 spiro atoms. The van der Waals surface area contributed by atoms with Crippen molar-refractivity contribution in [1.29, 1.82) is 0 Å². The molecule has 2 aromatic carbocycles. The molecule has 1 aliphatic rings. The zero-order valence-electron chi connectivity index (χ0n) is 11.4.